The maximum atomic E-state index is 10.3. The summed E-state index contributed by atoms with van der Waals surface area (Å²) in [6.07, 6.45) is 18.5. The topological polar surface area (TPSA) is 57.5 Å². The average molecular weight is 296 g/mol. The summed E-state index contributed by atoms with van der Waals surface area (Å²) >= 11 is 0. The van der Waals surface area contributed by atoms with Crippen LogP contribution in [0.1, 0.15) is 77.6 Å². The summed E-state index contributed by atoms with van der Waals surface area (Å²) in [5, 5.41) is 18.2. The minimum atomic E-state index is -0.699. The number of hydrogen-bond acceptors (Lipinski definition) is 2. The number of carbonyl (C=O) groups is 1. The number of unbranched alkanes of at least 4 members (excludes halogenated alkanes) is 8. The Labute approximate surface area is 129 Å². The van der Waals surface area contributed by atoms with Crippen molar-refractivity contribution >= 4 is 5.97 Å². The number of rotatable bonds is 14. The van der Waals surface area contributed by atoms with E-state index >= 15 is 0 Å². The number of hydrogen-bond donors (Lipinski definition) is 2. The van der Waals surface area contributed by atoms with Gasteiger partial charge in [0.05, 0.1) is 6.10 Å². The van der Waals surface area contributed by atoms with Gasteiger partial charge in [0.2, 0.25) is 0 Å². The lowest BCUT2D eigenvalue weighted by atomic mass is 10.1. The molecule has 0 amide bonds. The summed E-state index contributed by atoms with van der Waals surface area (Å²) in [4.78, 5) is 10.3. The van der Waals surface area contributed by atoms with Gasteiger partial charge in [0.1, 0.15) is 0 Å². The number of carboxylic acids is 1. The summed E-state index contributed by atoms with van der Waals surface area (Å²) in [7, 11) is 0. The molecule has 3 nitrogen and oxygen atoms in total. The Morgan fingerprint density at radius 2 is 1.43 bits per heavy atom. The summed E-state index contributed by atoms with van der Waals surface area (Å²) in [6.45, 7) is 2.19. The van der Waals surface area contributed by atoms with Crippen LogP contribution in [0.15, 0.2) is 24.3 Å². The second-order valence-electron chi connectivity index (χ2n) is 5.54. The van der Waals surface area contributed by atoms with Gasteiger partial charge in [0.25, 0.3) is 0 Å². The molecule has 0 fully saturated rings. The van der Waals surface area contributed by atoms with Crippen molar-refractivity contribution in [2.75, 3.05) is 0 Å². The van der Waals surface area contributed by atoms with E-state index in [4.69, 9.17) is 5.11 Å². The van der Waals surface area contributed by atoms with E-state index in [1.54, 1.807) is 0 Å². The molecule has 2 N–H and O–H groups in total. The van der Waals surface area contributed by atoms with Crippen LogP contribution >= 0.6 is 0 Å². The summed E-state index contributed by atoms with van der Waals surface area (Å²) in [5.74, 6) is -0.699. The smallest absolute Gasteiger partial charge is 0.303 e. The van der Waals surface area contributed by atoms with Crippen LogP contribution in [0.25, 0.3) is 0 Å². The second kappa shape index (κ2) is 15.3. The van der Waals surface area contributed by atoms with Gasteiger partial charge in [-0.25, -0.2) is 0 Å². The lowest BCUT2D eigenvalue weighted by Crippen LogP contribution is -1.95. The Bertz CT molecular complexity index is 295. The van der Waals surface area contributed by atoms with Gasteiger partial charge >= 0.3 is 5.97 Å². The number of aliphatic hydroxyl groups is 1. The second-order valence-corrected chi connectivity index (χ2v) is 5.54. The third kappa shape index (κ3) is 16.9. The van der Waals surface area contributed by atoms with E-state index in [0.29, 0.717) is 0 Å². The normalized spacial score (nSPS) is 13.2. The van der Waals surface area contributed by atoms with Crippen LogP contribution in [-0.4, -0.2) is 22.3 Å². The third-order valence-corrected chi connectivity index (χ3v) is 3.40. The molecule has 0 spiro atoms. The van der Waals surface area contributed by atoms with E-state index in [1.807, 2.05) is 18.2 Å². The molecule has 0 unspecified atom stereocenters. The van der Waals surface area contributed by atoms with Crippen molar-refractivity contribution in [1.82, 2.24) is 0 Å². The van der Waals surface area contributed by atoms with Crippen molar-refractivity contribution in [2.24, 2.45) is 0 Å². The Hall–Kier alpha value is -1.09. The van der Waals surface area contributed by atoms with Gasteiger partial charge in [0.15, 0.2) is 0 Å². The number of aliphatic carboxylic acids is 1. The van der Waals surface area contributed by atoms with Crippen molar-refractivity contribution < 1.29 is 15.0 Å². The summed E-state index contributed by atoms with van der Waals surface area (Å²) in [6, 6.07) is 0. The molecule has 0 radical (unpaired) electrons. The molecule has 0 aromatic heterocycles. The molecule has 0 saturated carbocycles. The van der Waals surface area contributed by atoms with Gasteiger partial charge in [-0.1, -0.05) is 63.3 Å². The van der Waals surface area contributed by atoms with Gasteiger partial charge < -0.3 is 10.2 Å². The fraction of sp³-hybridized carbons (Fsp3) is 0.722. The lowest BCUT2D eigenvalue weighted by molar-refractivity contribution is -0.137. The number of carboxylic acid groups (broad SMARTS) is 1. The first kappa shape index (κ1) is 19.9. The Morgan fingerprint density at radius 1 is 0.905 bits per heavy atom. The predicted octanol–water partition coefficient (Wildman–Crippen LogP) is 4.86. The Morgan fingerprint density at radius 3 is 2.00 bits per heavy atom. The first-order valence-electron chi connectivity index (χ1n) is 8.40. The molecule has 0 aliphatic rings. The highest BCUT2D eigenvalue weighted by Crippen LogP contribution is 2.08. The van der Waals surface area contributed by atoms with Crippen LogP contribution in [0.4, 0.5) is 0 Å². The SMILES string of the molecule is CCCCCC=C[C@@H](O)C=CCCCCCCCC(=O)O. The van der Waals surface area contributed by atoms with Gasteiger partial charge in [0, 0.05) is 6.42 Å². The molecule has 0 aliphatic heterocycles. The van der Waals surface area contributed by atoms with E-state index in [0.717, 1.165) is 44.9 Å². The van der Waals surface area contributed by atoms with Crippen molar-refractivity contribution in [3.63, 3.8) is 0 Å². The van der Waals surface area contributed by atoms with Gasteiger partial charge in [-0.05, 0) is 32.1 Å². The minimum Gasteiger partial charge on any atom is -0.481 e. The largest absolute Gasteiger partial charge is 0.481 e. The van der Waals surface area contributed by atoms with Crippen LogP contribution in [-0.2, 0) is 4.79 Å². The van der Waals surface area contributed by atoms with Crippen LogP contribution in [0.5, 0.6) is 0 Å². The molecule has 0 rings (SSSR count). The Kier molecular flexibility index (Phi) is 14.5. The number of allylic oxidation sites excluding steroid dienone is 2. The maximum Gasteiger partial charge on any atom is 0.303 e. The van der Waals surface area contributed by atoms with Crippen molar-refractivity contribution in [2.45, 2.75) is 83.7 Å². The zero-order chi connectivity index (χ0) is 15.8. The van der Waals surface area contributed by atoms with Crippen molar-refractivity contribution in [3.05, 3.63) is 24.3 Å². The van der Waals surface area contributed by atoms with Crippen LogP contribution in [0.3, 0.4) is 0 Å². The van der Waals surface area contributed by atoms with Crippen LogP contribution in [0.2, 0.25) is 0 Å². The quantitative estimate of drug-likeness (QED) is 0.355. The molecule has 0 bridgehead atoms. The molecule has 1 atom stereocenters. The first-order valence-corrected chi connectivity index (χ1v) is 8.40. The molecule has 0 aromatic carbocycles. The summed E-state index contributed by atoms with van der Waals surface area (Å²) < 4.78 is 0. The maximum absolute atomic E-state index is 10.3. The predicted molar refractivity (Wildman–Crippen MR) is 88.4 cm³/mol. The minimum absolute atomic E-state index is 0.288. The van der Waals surface area contributed by atoms with Gasteiger partial charge in [-0.3, -0.25) is 4.79 Å². The highest BCUT2D eigenvalue weighted by atomic mass is 16.4. The molecular weight excluding hydrogens is 264 g/mol. The van der Waals surface area contributed by atoms with E-state index in [1.165, 1.54) is 19.3 Å². The van der Waals surface area contributed by atoms with Crippen LogP contribution in [0, 0.1) is 0 Å². The average Bonchev–Trinajstić information content (AvgIpc) is 2.45. The van der Waals surface area contributed by atoms with E-state index in [9.17, 15) is 9.90 Å². The zero-order valence-corrected chi connectivity index (χ0v) is 13.5. The molecule has 0 aliphatic carbocycles. The van der Waals surface area contributed by atoms with Crippen LogP contribution < -0.4 is 0 Å². The first-order chi connectivity index (χ1) is 10.2. The van der Waals surface area contributed by atoms with Gasteiger partial charge in [-0.2, -0.15) is 0 Å². The molecule has 122 valence electrons. The monoisotopic (exact) mass is 296 g/mol. The molecule has 21 heavy (non-hydrogen) atoms. The standard InChI is InChI=1S/C18H32O3/c1-2-3-4-8-11-14-17(19)15-12-9-6-5-7-10-13-16-18(20)21/h11-12,14-15,17,19H,2-10,13,16H2,1H3,(H,20,21)/t17-/m1/s1. The van der Waals surface area contributed by atoms with E-state index < -0.39 is 12.1 Å². The molecule has 0 aromatic rings. The highest BCUT2D eigenvalue weighted by molar-refractivity contribution is 5.66. The molecule has 0 saturated heterocycles. The highest BCUT2D eigenvalue weighted by Gasteiger charge is 1.96. The number of aliphatic hydroxyl groups excluding tert-OH is 1. The third-order valence-electron chi connectivity index (χ3n) is 3.40. The van der Waals surface area contributed by atoms with Crippen molar-refractivity contribution in [3.8, 4) is 0 Å². The molecule has 3 heteroatoms. The van der Waals surface area contributed by atoms with E-state index in [-0.39, 0.29) is 6.42 Å². The fourth-order valence-corrected chi connectivity index (χ4v) is 2.12. The van der Waals surface area contributed by atoms with E-state index in [2.05, 4.69) is 13.0 Å². The Balaban J connectivity index is 3.39. The fourth-order valence-electron chi connectivity index (χ4n) is 2.12. The lowest BCUT2D eigenvalue weighted by Gasteiger charge is -2.00. The summed E-state index contributed by atoms with van der Waals surface area (Å²) in [5.41, 5.74) is 0. The zero-order valence-electron chi connectivity index (χ0n) is 13.5. The molecular formula is C18H32O3. The molecule has 0 heterocycles. The van der Waals surface area contributed by atoms with Gasteiger partial charge in [-0.15, -0.1) is 0 Å². The van der Waals surface area contributed by atoms with Crippen molar-refractivity contribution in [1.29, 1.82) is 0 Å².